The van der Waals surface area contributed by atoms with Crippen LogP contribution in [0.15, 0.2) is 4.90 Å². The van der Waals surface area contributed by atoms with Crippen molar-refractivity contribution in [3.8, 4) is 0 Å². The molecule has 2 aliphatic rings. The highest BCUT2D eigenvalue weighted by atomic mass is 32.2. The van der Waals surface area contributed by atoms with Gasteiger partial charge in [0.15, 0.2) is 15.6 Å². The quantitative estimate of drug-likeness (QED) is 0.783. The van der Waals surface area contributed by atoms with Gasteiger partial charge in [0.1, 0.15) is 9.90 Å². The number of thiophene rings is 1. The maximum Gasteiger partial charge on any atom is 0.180 e. The summed E-state index contributed by atoms with van der Waals surface area (Å²) in [5, 5.41) is 3.82. The standard InChI is InChI=1S/C14H20N2O3S2/c1-3-7-6-9(7)16-14-13(21(2,18)19)10(15)12(20-14)11(17)8-4-5-8/h7-9,16H,3-6,15H2,1-2H3. The Balaban J connectivity index is 1.97. The summed E-state index contributed by atoms with van der Waals surface area (Å²) in [4.78, 5) is 12.8. The van der Waals surface area contributed by atoms with Gasteiger partial charge in [-0.25, -0.2) is 8.42 Å². The van der Waals surface area contributed by atoms with Crippen LogP contribution in [0.25, 0.3) is 0 Å². The molecule has 1 heterocycles. The second kappa shape index (κ2) is 4.98. The minimum atomic E-state index is -3.45. The number of carbonyl (C=O) groups is 1. The van der Waals surface area contributed by atoms with E-state index in [9.17, 15) is 13.2 Å². The maximum absolute atomic E-state index is 12.3. The van der Waals surface area contributed by atoms with E-state index in [0.717, 1.165) is 31.9 Å². The highest BCUT2D eigenvalue weighted by Gasteiger charge is 2.39. The Kier molecular flexibility index (Phi) is 3.52. The maximum atomic E-state index is 12.3. The van der Waals surface area contributed by atoms with Gasteiger partial charge in [-0.3, -0.25) is 4.79 Å². The van der Waals surface area contributed by atoms with E-state index in [2.05, 4.69) is 12.2 Å². The van der Waals surface area contributed by atoms with Crippen molar-refractivity contribution < 1.29 is 13.2 Å². The molecule has 116 valence electrons. The Hall–Kier alpha value is -1.08. The molecule has 2 fully saturated rings. The van der Waals surface area contributed by atoms with Crippen LogP contribution < -0.4 is 11.1 Å². The van der Waals surface area contributed by atoms with Crippen LogP contribution in [0.3, 0.4) is 0 Å². The minimum Gasteiger partial charge on any atom is -0.396 e. The van der Waals surface area contributed by atoms with E-state index in [0.29, 0.717) is 21.8 Å². The number of nitrogens with one attached hydrogen (secondary N) is 1. The number of carbonyl (C=O) groups excluding carboxylic acids is 1. The van der Waals surface area contributed by atoms with Gasteiger partial charge in [-0.1, -0.05) is 13.3 Å². The topological polar surface area (TPSA) is 89.3 Å². The summed E-state index contributed by atoms with van der Waals surface area (Å²) < 4.78 is 24.0. The summed E-state index contributed by atoms with van der Waals surface area (Å²) in [6.07, 6.45) is 5.03. The van der Waals surface area contributed by atoms with Crippen LogP contribution in [0.2, 0.25) is 0 Å². The van der Waals surface area contributed by atoms with Crippen LogP contribution in [0.1, 0.15) is 42.3 Å². The van der Waals surface area contributed by atoms with Gasteiger partial charge in [0.05, 0.1) is 10.6 Å². The molecule has 1 aromatic heterocycles. The van der Waals surface area contributed by atoms with Crippen LogP contribution in [-0.2, 0) is 9.84 Å². The number of sulfone groups is 1. The first kappa shape index (κ1) is 14.8. The fourth-order valence-electron chi connectivity index (χ4n) is 2.65. The average molecular weight is 328 g/mol. The molecule has 0 bridgehead atoms. The zero-order valence-corrected chi connectivity index (χ0v) is 13.8. The van der Waals surface area contributed by atoms with Gasteiger partial charge in [-0.2, -0.15) is 0 Å². The van der Waals surface area contributed by atoms with Crippen LogP contribution in [0.5, 0.6) is 0 Å². The minimum absolute atomic E-state index is 0.00158. The molecule has 3 rings (SSSR count). The summed E-state index contributed by atoms with van der Waals surface area (Å²) in [6, 6.07) is 0.303. The van der Waals surface area contributed by atoms with Crippen LogP contribution in [0, 0.1) is 11.8 Å². The summed E-state index contributed by atoms with van der Waals surface area (Å²) in [7, 11) is -3.45. The van der Waals surface area contributed by atoms with Gasteiger partial charge < -0.3 is 11.1 Å². The SMILES string of the molecule is CCC1CC1Nc1sc(C(=O)C2CC2)c(N)c1S(C)(=O)=O. The molecular weight excluding hydrogens is 308 g/mol. The average Bonchev–Trinajstić information content (AvgIpc) is 3.27. The first-order valence-corrected chi connectivity index (χ1v) is 9.96. The van der Waals surface area contributed by atoms with E-state index < -0.39 is 9.84 Å². The highest BCUT2D eigenvalue weighted by molar-refractivity contribution is 7.91. The molecule has 0 amide bonds. The number of anilines is 2. The van der Waals surface area contributed by atoms with Gasteiger partial charge in [0.2, 0.25) is 0 Å². The summed E-state index contributed by atoms with van der Waals surface area (Å²) in [5.74, 6) is 0.622. The van der Waals surface area contributed by atoms with Gasteiger partial charge in [0, 0.05) is 18.2 Å². The third-order valence-electron chi connectivity index (χ3n) is 4.21. The first-order valence-electron chi connectivity index (χ1n) is 7.26. The zero-order chi connectivity index (χ0) is 15.4. The van der Waals surface area contributed by atoms with E-state index in [-0.39, 0.29) is 22.3 Å². The fourth-order valence-corrected chi connectivity index (χ4v) is 5.29. The zero-order valence-electron chi connectivity index (χ0n) is 12.2. The molecule has 2 atom stereocenters. The summed E-state index contributed by atoms with van der Waals surface area (Å²) in [5.41, 5.74) is 6.13. The smallest absolute Gasteiger partial charge is 0.180 e. The second-order valence-electron chi connectivity index (χ2n) is 6.07. The molecule has 0 aromatic carbocycles. The van der Waals surface area contributed by atoms with Crippen LogP contribution in [-0.4, -0.2) is 26.5 Å². The lowest BCUT2D eigenvalue weighted by molar-refractivity contribution is 0.0972. The Morgan fingerprint density at radius 1 is 1.43 bits per heavy atom. The molecule has 2 aliphatic carbocycles. The number of Topliss-reactive ketones (excluding diaryl/α,β-unsaturated/α-hetero) is 1. The van der Waals surface area contributed by atoms with Crippen LogP contribution >= 0.6 is 11.3 Å². The summed E-state index contributed by atoms with van der Waals surface area (Å²) in [6.45, 7) is 2.12. The second-order valence-corrected chi connectivity index (χ2v) is 9.04. The normalized spacial score (nSPS) is 24.9. The largest absolute Gasteiger partial charge is 0.396 e. The number of rotatable bonds is 6. The highest BCUT2D eigenvalue weighted by Crippen LogP contribution is 2.46. The van der Waals surface area contributed by atoms with E-state index in [1.165, 1.54) is 11.3 Å². The predicted molar refractivity (Wildman–Crippen MR) is 84.7 cm³/mol. The van der Waals surface area contributed by atoms with Crippen molar-refractivity contribution in [2.45, 2.75) is 43.5 Å². The molecule has 5 nitrogen and oxygen atoms in total. The Labute approximate surface area is 128 Å². The first-order chi connectivity index (χ1) is 9.82. The van der Waals surface area contributed by atoms with Gasteiger partial charge >= 0.3 is 0 Å². The van der Waals surface area contributed by atoms with Crippen molar-refractivity contribution in [3.63, 3.8) is 0 Å². The van der Waals surface area contributed by atoms with Gasteiger partial charge in [-0.05, 0) is 25.2 Å². The Morgan fingerprint density at radius 2 is 2.10 bits per heavy atom. The van der Waals surface area contributed by atoms with Gasteiger partial charge in [-0.15, -0.1) is 11.3 Å². The molecule has 7 heteroatoms. The third kappa shape index (κ3) is 2.81. The Morgan fingerprint density at radius 3 is 2.57 bits per heavy atom. The molecular formula is C14H20N2O3S2. The number of ketones is 1. The number of nitrogen functional groups attached to an aromatic ring is 1. The molecule has 2 saturated carbocycles. The summed E-state index contributed by atoms with van der Waals surface area (Å²) >= 11 is 1.21. The van der Waals surface area contributed by atoms with Crippen molar-refractivity contribution in [2.24, 2.45) is 11.8 Å². The number of nitrogens with two attached hydrogens (primary N) is 1. The molecule has 0 aliphatic heterocycles. The monoisotopic (exact) mass is 328 g/mol. The predicted octanol–water partition coefficient (Wildman–Crippen LogP) is 2.54. The molecule has 21 heavy (non-hydrogen) atoms. The van der Waals surface area contributed by atoms with Crippen LogP contribution in [0.4, 0.5) is 10.7 Å². The van der Waals surface area contributed by atoms with E-state index in [1.54, 1.807) is 0 Å². The molecule has 0 spiro atoms. The van der Waals surface area contributed by atoms with Crippen molar-refractivity contribution >= 4 is 37.6 Å². The lowest BCUT2D eigenvalue weighted by Gasteiger charge is -2.05. The molecule has 2 unspecified atom stereocenters. The number of hydrogen-bond donors (Lipinski definition) is 2. The van der Waals surface area contributed by atoms with Crippen molar-refractivity contribution in [1.29, 1.82) is 0 Å². The van der Waals surface area contributed by atoms with E-state index in [1.807, 2.05) is 0 Å². The lowest BCUT2D eigenvalue weighted by atomic mass is 10.2. The van der Waals surface area contributed by atoms with Crippen molar-refractivity contribution in [1.82, 2.24) is 0 Å². The lowest BCUT2D eigenvalue weighted by Crippen LogP contribution is -2.09. The van der Waals surface area contributed by atoms with E-state index in [4.69, 9.17) is 5.73 Å². The fraction of sp³-hybridized carbons (Fsp3) is 0.643. The van der Waals surface area contributed by atoms with Crippen molar-refractivity contribution in [2.75, 3.05) is 17.3 Å². The number of hydrogen-bond acceptors (Lipinski definition) is 6. The molecule has 0 saturated heterocycles. The molecule has 1 aromatic rings. The molecule has 3 N–H and O–H groups in total. The Bertz CT molecular complexity index is 689. The third-order valence-corrected chi connectivity index (χ3v) is 6.65. The molecule has 0 radical (unpaired) electrons. The van der Waals surface area contributed by atoms with Gasteiger partial charge in [0.25, 0.3) is 0 Å². The van der Waals surface area contributed by atoms with Crippen molar-refractivity contribution in [3.05, 3.63) is 4.88 Å². The van der Waals surface area contributed by atoms with E-state index >= 15 is 0 Å².